The second-order valence-corrected chi connectivity index (χ2v) is 7.42. The second kappa shape index (κ2) is 9.49. The normalized spacial score (nSPS) is 10.4. The fourth-order valence-corrected chi connectivity index (χ4v) is 3.30. The van der Waals surface area contributed by atoms with Crippen molar-refractivity contribution >= 4 is 40.5 Å². The van der Waals surface area contributed by atoms with E-state index < -0.39 is 18.5 Å². The highest BCUT2D eigenvalue weighted by Crippen LogP contribution is 2.21. The highest BCUT2D eigenvalue weighted by atomic mass is 35.5. The summed E-state index contributed by atoms with van der Waals surface area (Å²) in [5, 5.41) is 3.71. The molecule has 0 fully saturated rings. The quantitative estimate of drug-likeness (QED) is 0.549. The van der Waals surface area contributed by atoms with Crippen LogP contribution in [0.4, 0.5) is 10.1 Å². The first-order valence-corrected chi connectivity index (χ1v) is 9.67. The van der Waals surface area contributed by atoms with Gasteiger partial charge in [-0.25, -0.2) is 14.2 Å². The zero-order valence-corrected chi connectivity index (χ0v) is 16.8. The molecule has 150 valence electrons. The molecule has 0 atom stereocenters. The molecule has 9 heteroatoms. The minimum absolute atomic E-state index is 0.126. The van der Waals surface area contributed by atoms with Crippen LogP contribution in [0.25, 0.3) is 0 Å². The number of anilines is 1. The average Bonchev–Trinajstić information content (AvgIpc) is 3.08. The fourth-order valence-electron chi connectivity index (χ4n) is 2.31. The first kappa shape index (κ1) is 20.8. The third kappa shape index (κ3) is 6.00. The molecule has 0 saturated heterocycles. The minimum Gasteiger partial charge on any atom is -0.486 e. The number of rotatable bonds is 7. The molecule has 2 aromatic carbocycles. The maximum Gasteiger partial charge on any atom is 0.350 e. The maximum absolute atomic E-state index is 12.9. The van der Waals surface area contributed by atoms with Gasteiger partial charge in [-0.2, -0.15) is 0 Å². The molecule has 6 nitrogen and oxygen atoms in total. The molecule has 0 saturated carbocycles. The average molecular weight is 435 g/mol. The summed E-state index contributed by atoms with van der Waals surface area (Å²) in [4.78, 5) is 28.8. The third-order valence-electron chi connectivity index (χ3n) is 3.66. The number of thiazole rings is 1. The van der Waals surface area contributed by atoms with Crippen LogP contribution < -0.4 is 10.1 Å². The number of esters is 1. The van der Waals surface area contributed by atoms with Crippen molar-refractivity contribution in [2.45, 2.75) is 13.5 Å². The molecular formula is C20H16ClFN2O4S. The molecule has 1 amide bonds. The van der Waals surface area contributed by atoms with Gasteiger partial charge in [0.15, 0.2) is 6.61 Å². The zero-order chi connectivity index (χ0) is 20.8. The van der Waals surface area contributed by atoms with E-state index in [1.807, 2.05) is 0 Å². The number of carbonyl (C=O) groups excluding carboxylic acids is 2. The van der Waals surface area contributed by atoms with Crippen molar-refractivity contribution in [1.82, 2.24) is 4.98 Å². The number of hydrogen-bond donors (Lipinski definition) is 1. The Hall–Kier alpha value is -2.97. The van der Waals surface area contributed by atoms with Crippen LogP contribution >= 0.6 is 22.9 Å². The summed E-state index contributed by atoms with van der Waals surface area (Å²) < 4.78 is 23.5. The molecule has 0 aliphatic rings. The van der Waals surface area contributed by atoms with Gasteiger partial charge in [0.05, 0.1) is 5.69 Å². The lowest BCUT2D eigenvalue weighted by molar-refractivity contribution is -0.119. The molecule has 0 aliphatic heterocycles. The van der Waals surface area contributed by atoms with Crippen molar-refractivity contribution in [3.8, 4) is 5.75 Å². The summed E-state index contributed by atoms with van der Waals surface area (Å²) in [6, 6.07) is 12.2. The number of aryl methyl sites for hydroxylation is 1. The lowest BCUT2D eigenvalue weighted by Gasteiger charge is -2.06. The van der Waals surface area contributed by atoms with Crippen LogP contribution in [-0.4, -0.2) is 23.5 Å². The number of hydrogen-bond acceptors (Lipinski definition) is 6. The molecule has 3 rings (SSSR count). The zero-order valence-electron chi connectivity index (χ0n) is 15.3. The lowest BCUT2D eigenvalue weighted by Crippen LogP contribution is -2.20. The standard InChI is InChI=1S/C20H16ClFN2O4S/c1-12-19(29-18(23-12)11-27-16-8-4-14(22)5-9-16)20(26)28-10-17(25)24-15-6-2-13(21)3-7-15/h2-9H,10-11H2,1H3,(H,24,25). The van der Waals surface area contributed by atoms with Gasteiger partial charge >= 0.3 is 5.97 Å². The van der Waals surface area contributed by atoms with Gasteiger partial charge in [0, 0.05) is 10.7 Å². The largest absolute Gasteiger partial charge is 0.486 e. The summed E-state index contributed by atoms with van der Waals surface area (Å²) in [6.07, 6.45) is 0. The number of nitrogens with one attached hydrogen (secondary N) is 1. The number of carbonyl (C=O) groups is 2. The molecule has 29 heavy (non-hydrogen) atoms. The van der Waals surface area contributed by atoms with E-state index in [0.29, 0.717) is 32.0 Å². The Balaban J connectivity index is 1.51. The van der Waals surface area contributed by atoms with Gasteiger partial charge in [-0.05, 0) is 55.5 Å². The van der Waals surface area contributed by atoms with E-state index in [1.165, 1.54) is 24.3 Å². The smallest absolute Gasteiger partial charge is 0.350 e. The molecule has 1 N–H and O–H groups in total. The van der Waals surface area contributed by atoms with E-state index in [4.69, 9.17) is 21.1 Å². The van der Waals surface area contributed by atoms with Crippen LogP contribution in [0.1, 0.15) is 20.4 Å². The number of aromatic nitrogens is 1. The Morgan fingerprint density at radius 3 is 2.52 bits per heavy atom. The number of ether oxygens (including phenoxy) is 2. The Morgan fingerprint density at radius 2 is 1.83 bits per heavy atom. The summed E-state index contributed by atoms with van der Waals surface area (Å²) in [6.45, 7) is 1.37. The molecule has 3 aromatic rings. The Labute approximate surface area is 175 Å². The van der Waals surface area contributed by atoms with Crippen LogP contribution in [0, 0.1) is 12.7 Å². The first-order valence-electron chi connectivity index (χ1n) is 8.48. The number of benzene rings is 2. The number of nitrogens with zero attached hydrogens (tertiary/aromatic N) is 1. The van der Waals surface area contributed by atoms with E-state index in [2.05, 4.69) is 10.3 Å². The van der Waals surface area contributed by atoms with E-state index >= 15 is 0 Å². The first-order chi connectivity index (χ1) is 13.9. The van der Waals surface area contributed by atoms with Gasteiger partial charge in [-0.1, -0.05) is 11.6 Å². The van der Waals surface area contributed by atoms with Gasteiger partial charge in [0.2, 0.25) is 0 Å². The predicted octanol–water partition coefficient (Wildman–Crippen LogP) is 4.62. The lowest BCUT2D eigenvalue weighted by atomic mass is 10.3. The van der Waals surface area contributed by atoms with E-state index in [-0.39, 0.29) is 12.4 Å². The van der Waals surface area contributed by atoms with Crippen molar-refractivity contribution in [2.75, 3.05) is 11.9 Å². The molecule has 0 aliphatic carbocycles. The van der Waals surface area contributed by atoms with Gasteiger partial charge in [-0.3, -0.25) is 4.79 Å². The van der Waals surface area contributed by atoms with Crippen LogP contribution in [0.15, 0.2) is 48.5 Å². The van der Waals surface area contributed by atoms with E-state index in [9.17, 15) is 14.0 Å². The molecule has 0 unspecified atom stereocenters. The molecule has 0 bridgehead atoms. The molecule has 0 radical (unpaired) electrons. The number of amides is 1. The Morgan fingerprint density at radius 1 is 1.14 bits per heavy atom. The van der Waals surface area contributed by atoms with Gasteiger partial charge in [0.1, 0.15) is 28.1 Å². The van der Waals surface area contributed by atoms with Crippen LogP contribution in [0.3, 0.4) is 0 Å². The fraction of sp³-hybridized carbons (Fsp3) is 0.150. The summed E-state index contributed by atoms with van der Waals surface area (Å²) in [5.41, 5.74) is 1.03. The molecule has 1 aromatic heterocycles. The monoisotopic (exact) mass is 434 g/mol. The van der Waals surface area contributed by atoms with Crippen molar-refractivity contribution in [1.29, 1.82) is 0 Å². The summed E-state index contributed by atoms with van der Waals surface area (Å²) in [7, 11) is 0. The van der Waals surface area contributed by atoms with Gasteiger partial charge in [0.25, 0.3) is 5.91 Å². The SMILES string of the molecule is Cc1nc(COc2ccc(F)cc2)sc1C(=O)OCC(=O)Nc1ccc(Cl)cc1. The minimum atomic E-state index is -0.640. The van der Waals surface area contributed by atoms with Crippen molar-refractivity contribution in [2.24, 2.45) is 0 Å². The third-order valence-corrected chi connectivity index (χ3v) is 5.03. The van der Waals surface area contributed by atoms with E-state index in [0.717, 1.165) is 11.3 Å². The van der Waals surface area contributed by atoms with Crippen LogP contribution in [0.2, 0.25) is 5.02 Å². The van der Waals surface area contributed by atoms with Crippen LogP contribution in [0.5, 0.6) is 5.75 Å². The van der Waals surface area contributed by atoms with Crippen molar-refractivity contribution < 1.29 is 23.5 Å². The van der Waals surface area contributed by atoms with Gasteiger partial charge in [-0.15, -0.1) is 11.3 Å². The Kier molecular flexibility index (Phi) is 6.79. The van der Waals surface area contributed by atoms with Crippen LogP contribution in [-0.2, 0) is 16.1 Å². The molecule has 1 heterocycles. The topological polar surface area (TPSA) is 77.5 Å². The highest BCUT2D eigenvalue weighted by molar-refractivity contribution is 7.13. The molecular weight excluding hydrogens is 419 g/mol. The second-order valence-electron chi connectivity index (χ2n) is 5.90. The Bertz CT molecular complexity index is 1010. The predicted molar refractivity (Wildman–Crippen MR) is 108 cm³/mol. The summed E-state index contributed by atoms with van der Waals surface area (Å²) in [5.74, 6) is -0.975. The summed E-state index contributed by atoms with van der Waals surface area (Å²) >= 11 is 6.90. The highest BCUT2D eigenvalue weighted by Gasteiger charge is 2.18. The van der Waals surface area contributed by atoms with Gasteiger partial charge < -0.3 is 14.8 Å². The van der Waals surface area contributed by atoms with Crippen molar-refractivity contribution in [3.63, 3.8) is 0 Å². The van der Waals surface area contributed by atoms with Crippen molar-refractivity contribution in [3.05, 3.63) is 74.9 Å². The molecule has 0 spiro atoms. The van der Waals surface area contributed by atoms with E-state index in [1.54, 1.807) is 31.2 Å². The maximum atomic E-state index is 12.9. The number of halogens is 2.